The molecule has 3 amide bonds. The molecule has 0 unspecified atom stereocenters. The van der Waals surface area contributed by atoms with Gasteiger partial charge in [0, 0.05) is 36.5 Å². The third-order valence-corrected chi connectivity index (χ3v) is 5.82. The molecule has 0 bridgehead atoms. The van der Waals surface area contributed by atoms with Gasteiger partial charge in [0.2, 0.25) is 11.8 Å². The average Bonchev–Trinajstić information content (AvgIpc) is 3.19. The van der Waals surface area contributed by atoms with Crippen LogP contribution in [0.5, 0.6) is 0 Å². The van der Waals surface area contributed by atoms with E-state index in [9.17, 15) is 14.4 Å². The summed E-state index contributed by atoms with van der Waals surface area (Å²) in [5.74, 6) is -0.836. The summed E-state index contributed by atoms with van der Waals surface area (Å²) < 4.78 is 0. The van der Waals surface area contributed by atoms with Crippen LogP contribution in [0.3, 0.4) is 0 Å². The van der Waals surface area contributed by atoms with Gasteiger partial charge in [-0.25, -0.2) is 5.48 Å². The summed E-state index contributed by atoms with van der Waals surface area (Å²) >= 11 is 0. The van der Waals surface area contributed by atoms with Gasteiger partial charge in [-0.3, -0.25) is 19.6 Å². The minimum absolute atomic E-state index is 0.151. The molecule has 8 heteroatoms. The Morgan fingerprint density at radius 1 is 1.03 bits per heavy atom. The molecule has 0 aliphatic carbocycles. The lowest BCUT2D eigenvalue weighted by atomic mass is 10.0. The van der Waals surface area contributed by atoms with Crippen LogP contribution < -0.4 is 15.7 Å². The molecule has 2 aromatic carbocycles. The summed E-state index contributed by atoms with van der Waals surface area (Å²) in [6.45, 7) is 0.440. The van der Waals surface area contributed by atoms with E-state index in [1.807, 2.05) is 36.5 Å². The van der Waals surface area contributed by atoms with Crippen LogP contribution >= 0.6 is 0 Å². The summed E-state index contributed by atoms with van der Waals surface area (Å²) in [7, 11) is 0. The van der Waals surface area contributed by atoms with Gasteiger partial charge in [0.15, 0.2) is 0 Å². The molecule has 0 fully saturated rings. The summed E-state index contributed by atoms with van der Waals surface area (Å²) in [4.78, 5) is 42.5. The van der Waals surface area contributed by atoms with Crippen molar-refractivity contribution in [2.45, 2.75) is 38.1 Å². The van der Waals surface area contributed by atoms with Gasteiger partial charge in [-0.15, -0.1) is 0 Å². The minimum atomic E-state index is -0.686. The number of aromatic amines is 1. The number of nitrogens with zero attached hydrogens (tertiary/aromatic N) is 1. The number of carbonyl (C=O) groups is 3. The molecule has 0 spiro atoms. The monoisotopic (exact) mass is 434 g/mol. The van der Waals surface area contributed by atoms with Crippen molar-refractivity contribution in [3.63, 3.8) is 0 Å². The zero-order chi connectivity index (χ0) is 22.5. The van der Waals surface area contributed by atoms with E-state index in [2.05, 4.69) is 10.3 Å². The van der Waals surface area contributed by atoms with Gasteiger partial charge in [-0.05, 0) is 36.6 Å². The van der Waals surface area contributed by atoms with E-state index in [0.29, 0.717) is 43.5 Å². The lowest BCUT2D eigenvalue weighted by Gasteiger charge is -2.25. The van der Waals surface area contributed by atoms with Gasteiger partial charge in [0.05, 0.1) is 11.3 Å². The van der Waals surface area contributed by atoms with E-state index in [1.165, 1.54) is 0 Å². The van der Waals surface area contributed by atoms with Crippen LogP contribution in [0.1, 0.15) is 41.6 Å². The van der Waals surface area contributed by atoms with Crippen molar-refractivity contribution >= 4 is 34.3 Å². The minimum Gasteiger partial charge on any atom is -0.361 e. The van der Waals surface area contributed by atoms with Crippen molar-refractivity contribution in [2.24, 2.45) is 0 Å². The number of hydrogen-bond donors (Lipinski definition) is 4. The first-order valence-corrected chi connectivity index (χ1v) is 10.8. The molecule has 8 nitrogen and oxygen atoms in total. The standard InChI is InChI=1S/C24H26N4O4/c29-22(27-32)12-2-1-7-13-28-21-11-6-4-9-18(21)23(30)26-20(24(28)31)14-16-15-25-19-10-5-3-8-17(16)19/h3-6,8-11,15,20,25,32H,1-2,7,12-14H2,(H,26,30)(H,27,29)/t20-/m0/s1. The topological polar surface area (TPSA) is 115 Å². The number of benzene rings is 2. The Labute approximate surface area is 185 Å². The van der Waals surface area contributed by atoms with Gasteiger partial charge in [0.1, 0.15) is 6.04 Å². The number of H-pyrrole nitrogens is 1. The lowest BCUT2D eigenvalue weighted by molar-refractivity contribution is -0.129. The molecule has 3 aromatic rings. The molecule has 0 saturated carbocycles. The first kappa shape index (κ1) is 21.6. The van der Waals surface area contributed by atoms with Crippen molar-refractivity contribution < 1.29 is 19.6 Å². The molecule has 1 aliphatic rings. The number of rotatable bonds is 8. The number of hydroxylamine groups is 1. The molecule has 4 rings (SSSR count). The van der Waals surface area contributed by atoms with Gasteiger partial charge in [0.25, 0.3) is 5.91 Å². The van der Waals surface area contributed by atoms with Crippen LogP contribution in [0.4, 0.5) is 5.69 Å². The summed E-state index contributed by atoms with van der Waals surface area (Å²) in [6.07, 6.45) is 4.49. The normalized spacial score (nSPS) is 15.9. The number of para-hydroxylation sites is 2. The van der Waals surface area contributed by atoms with E-state index in [0.717, 1.165) is 16.5 Å². The van der Waals surface area contributed by atoms with Crippen molar-refractivity contribution in [2.75, 3.05) is 11.4 Å². The largest absolute Gasteiger partial charge is 0.361 e. The maximum Gasteiger partial charge on any atom is 0.254 e. The Bertz CT molecular complexity index is 1140. The molecular weight excluding hydrogens is 408 g/mol. The molecule has 4 N–H and O–H groups in total. The van der Waals surface area contributed by atoms with Crippen molar-refractivity contribution in [1.29, 1.82) is 0 Å². The molecule has 166 valence electrons. The molecule has 0 radical (unpaired) electrons. The fourth-order valence-corrected chi connectivity index (χ4v) is 4.18. The summed E-state index contributed by atoms with van der Waals surface area (Å²) in [6, 6.07) is 14.3. The molecule has 1 atom stereocenters. The molecular formula is C24H26N4O4. The third kappa shape index (κ3) is 4.50. The van der Waals surface area contributed by atoms with E-state index < -0.39 is 11.9 Å². The van der Waals surface area contributed by atoms with Crippen LogP contribution in [-0.4, -0.2) is 40.5 Å². The molecule has 1 aliphatic heterocycles. The lowest BCUT2D eigenvalue weighted by Crippen LogP contribution is -2.47. The van der Waals surface area contributed by atoms with Crippen LogP contribution in [0.15, 0.2) is 54.7 Å². The Kier molecular flexibility index (Phi) is 6.51. The van der Waals surface area contributed by atoms with Crippen LogP contribution in [-0.2, 0) is 16.0 Å². The number of aromatic nitrogens is 1. The Balaban J connectivity index is 1.54. The molecule has 1 aromatic heterocycles. The highest BCUT2D eigenvalue weighted by molar-refractivity contribution is 6.11. The van der Waals surface area contributed by atoms with Crippen molar-refractivity contribution in [3.05, 3.63) is 65.9 Å². The van der Waals surface area contributed by atoms with E-state index in [1.54, 1.807) is 28.6 Å². The Morgan fingerprint density at radius 3 is 2.66 bits per heavy atom. The summed E-state index contributed by atoms with van der Waals surface area (Å²) in [5.41, 5.74) is 4.66. The predicted octanol–water partition coefficient (Wildman–Crippen LogP) is 2.92. The second kappa shape index (κ2) is 9.65. The average molecular weight is 434 g/mol. The fourth-order valence-electron chi connectivity index (χ4n) is 4.18. The van der Waals surface area contributed by atoms with Gasteiger partial charge < -0.3 is 15.2 Å². The number of anilines is 1. The van der Waals surface area contributed by atoms with Gasteiger partial charge in [-0.1, -0.05) is 36.8 Å². The smallest absolute Gasteiger partial charge is 0.254 e. The number of fused-ring (bicyclic) bond motifs is 2. The number of carbonyl (C=O) groups excluding carboxylic acids is 3. The Morgan fingerprint density at radius 2 is 1.81 bits per heavy atom. The van der Waals surface area contributed by atoms with Crippen LogP contribution in [0.25, 0.3) is 10.9 Å². The second-order valence-electron chi connectivity index (χ2n) is 7.94. The quantitative estimate of drug-likeness (QED) is 0.248. The molecule has 32 heavy (non-hydrogen) atoms. The van der Waals surface area contributed by atoms with Crippen LogP contribution in [0.2, 0.25) is 0 Å². The molecule has 0 saturated heterocycles. The zero-order valence-electron chi connectivity index (χ0n) is 17.6. The summed E-state index contributed by atoms with van der Waals surface area (Å²) in [5, 5.41) is 12.6. The van der Waals surface area contributed by atoms with E-state index >= 15 is 0 Å². The van der Waals surface area contributed by atoms with Crippen molar-refractivity contribution in [3.8, 4) is 0 Å². The first-order chi connectivity index (χ1) is 15.6. The maximum absolute atomic E-state index is 13.5. The van der Waals surface area contributed by atoms with E-state index in [4.69, 9.17) is 5.21 Å². The maximum atomic E-state index is 13.5. The SMILES string of the molecule is O=C(CCCCCN1C(=O)[C@H](Cc2c[nH]c3ccccc23)NC(=O)c2ccccc21)NO. The number of nitrogens with one attached hydrogen (secondary N) is 3. The number of amides is 3. The number of unbranched alkanes of at least 4 members (excludes halogenated alkanes) is 2. The fraction of sp³-hybridized carbons (Fsp3) is 0.292. The van der Waals surface area contributed by atoms with Crippen molar-refractivity contribution in [1.82, 2.24) is 15.8 Å². The predicted molar refractivity (Wildman–Crippen MR) is 120 cm³/mol. The number of hydrogen-bond acceptors (Lipinski definition) is 4. The van der Waals surface area contributed by atoms with Gasteiger partial charge in [-0.2, -0.15) is 0 Å². The zero-order valence-corrected chi connectivity index (χ0v) is 17.6. The third-order valence-electron chi connectivity index (χ3n) is 5.82. The van der Waals surface area contributed by atoms with Gasteiger partial charge >= 0.3 is 0 Å². The first-order valence-electron chi connectivity index (χ1n) is 10.8. The molecule has 2 heterocycles. The highest BCUT2D eigenvalue weighted by Crippen LogP contribution is 2.27. The second-order valence-corrected chi connectivity index (χ2v) is 7.94. The van der Waals surface area contributed by atoms with Crippen LogP contribution in [0, 0.1) is 0 Å². The highest BCUT2D eigenvalue weighted by atomic mass is 16.5. The van der Waals surface area contributed by atoms with E-state index in [-0.39, 0.29) is 18.2 Å². The highest BCUT2D eigenvalue weighted by Gasteiger charge is 2.33. The Hall–Kier alpha value is -3.65.